The number of hydrogen-bond donors (Lipinski definition) is 1. The fraction of sp³-hybridized carbons (Fsp3) is 0.294. The van der Waals surface area contributed by atoms with E-state index in [2.05, 4.69) is 10.3 Å². The maximum atomic E-state index is 12.9. The molecule has 1 aromatic carbocycles. The monoisotopic (exact) mass is 281 g/mol. The lowest BCUT2D eigenvalue weighted by molar-refractivity contribution is 0.0971. The molecule has 4 nitrogen and oxygen atoms in total. The van der Waals surface area contributed by atoms with E-state index in [0.29, 0.717) is 5.56 Å². The van der Waals surface area contributed by atoms with Crippen molar-refractivity contribution in [3.05, 3.63) is 60.3 Å². The molecular weight excluding hydrogens is 262 g/mol. The molecule has 0 unspecified atom stereocenters. The molecule has 1 aliphatic heterocycles. The summed E-state index contributed by atoms with van der Waals surface area (Å²) in [6.45, 7) is 1.88. The molecule has 0 atom stereocenters. The van der Waals surface area contributed by atoms with Gasteiger partial charge in [-0.25, -0.2) is 4.98 Å². The molecule has 4 heteroatoms. The molecule has 1 saturated heterocycles. The number of pyridine rings is 1. The second-order valence-corrected chi connectivity index (χ2v) is 5.21. The van der Waals surface area contributed by atoms with Crippen molar-refractivity contribution in [3.63, 3.8) is 0 Å². The summed E-state index contributed by atoms with van der Waals surface area (Å²) in [7, 11) is 0. The second kappa shape index (κ2) is 6.50. The van der Waals surface area contributed by atoms with Crippen LogP contribution in [0.15, 0.2) is 54.7 Å². The number of rotatable bonds is 3. The first-order chi connectivity index (χ1) is 10.4. The van der Waals surface area contributed by atoms with E-state index in [1.165, 1.54) is 0 Å². The average molecular weight is 281 g/mol. The molecule has 2 aromatic rings. The summed E-state index contributed by atoms with van der Waals surface area (Å²) in [4.78, 5) is 19.2. The van der Waals surface area contributed by atoms with Crippen LogP contribution in [-0.2, 0) is 0 Å². The van der Waals surface area contributed by atoms with E-state index in [4.69, 9.17) is 0 Å². The quantitative estimate of drug-likeness (QED) is 0.940. The summed E-state index contributed by atoms with van der Waals surface area (Å²) in [5, 5.41) is 3.34. The molecule has 0 radical (unpaired) electrons. The van der Waals surface area contributed by atoms with Crippen LogP contribution in [-0.4, -0.2) is 30.0 Å². The van der Waals surface area contributed by atoms with Crippen LogP contribution < -0.4 is 10.2 Å². The molecule has 108 valence electrons. The van der Waals surface area contributed by atoms with Crippen LogP contribution in [0.1, 0.15) is 23.2 Å². The predicted molar refractivity (Wildman–Crippen MR) is 83.4 cm³/mol. The Labute approximate surface area is 124 Å². The highest BCUT2D eigenvalue weighted by molar-refractivity contribution is 6.05. The predicted octanol–water partition coefficient (Wildman–Crippen LogP) is 2.48. The molecule has 21 heavy (non-hydrogen) atoms. The molecule has 1 aromatic heterocycles. The van der Waals surface area contributed by atoms with Gasteiger partial charge in [0.1, 0.15) is 5.82 Å². The van der Waals surface area contributed by atoms with Crippen molar-refractivity contribution in [1.29, 1.82) is 0 Å². The molecule has 0 spiro atoms. The standard InChI is InChI=1S/C17H19N3O/c21-17(14-6-2-1-3-7-14)20(15-9-12-18-13-10-15)16-8-4-5-11-19-16/h1-8,11,15,18H,9-10,12-13H2. The summed E-state index contributed by atoms with van der Waals surface area (Å²) in [5.41, 5.74) is 0.710. The van der Waals surface area contributed by atoms with Gasteiger partial charge < -0.3 is 5.32 Å². The zero-order chi connectivity index (χ0) is 14.5. The van der Waals surface area contributed by atoms with Gasteiger partial charge in [0.05, 0.1) is 0 Å². The van der Waals surface area contributed by atoms with Crippen molar-refractivity contribution in [1.82, 2.24) is 10.3 Å². The molecule has 2 heterocycles. The summed E-state index contributed by atoms with van der Waals surface area (Å²) in [6, 6.07) is 15.3. The minimum absolute atomic E-state index is 0.0289. The Balaban J connectivity index is 1.94. The zero-order valence-electron chi connectivity index (χ0n) is 11.9. The average Bonchev–Trinajstić information content (AvgIpc) is 2.58. The van der Waals surface area contributed by atoms with Gasteiger partial charge >= 0.3 is 0 Å². The van der Waals surface area contributed by atoms with E-state index >= 15 is 0 Å². The Hall–Kier alpha value is -2.20. The fourth-order valence-corrected chi connectivity index (χ4v) is 2.74. The third-order valence-electron chi connectivity index (χ3n) is 3.81. The Morgan fingerprint density at radius 2 is 1.76 bits per heavy atom. The van der Waals surface area contributed by atoms with Crippen LogP contribution in [0.2, 0.25) is 0 Å². The number of carbonyl (C=O) groups is 1. The number of carbonyl (C=O) groups excluding carboxylic acids is 1. The number of amides is 1. The van der Waals surface area contributed by atoms with Gasteiger partial charge in [-0.3, -0.25) is 9.69 Å². The minimum Gasteiger partial charge on any atom is -0.317 e. The number of piperidine rings is 1. The van der Waals surface area contributed by atoms with Crippen LogP contribution >= 0.6 is 0 Å². The minimum atomic E-state index is 0.0289. The molecule has 1 amide bonds. The first-order valence-corrected chi connectivity index (χ1v) is 7.36. The molecule has 0 saturated carbocycles. The Kier molecular flexibility index (Phi) is 4.26. The summed E-state index contributed by atoms with van der Waals surface area (Å²) in [6.07, 6.45) is 3.64. The number of anilines is 1. The Bertz CT molecular complexity index is 579. The van der Waals surface area contributed by atoms with E-state index in [1.807, 2.05) is 53.4 Å². The van der Waals surface area contributed by atoms with Crippen LogP contribution in [0.4, 0.5) is 5.82 Å². The van der Waals surface area contributed by atoms with Gasteiger partial charge in [0.15, 0.2) is 0 Å². The van der Waals surface area contributed by atoms with Crippen LogP contribution in [0.25, 0.3) is 0 Å². The highest BCUT2D eigenvalue weighted by Crippen LogP contribution is 2.22. The van der Waals surface area contributed by atoms with Gasteiger partial charge in [-0.15, -0.1) is 0 Å². The number of benzene rings is 1. The first-order valence-electron chi connectivity index (χ1n) is 7.36. The van der Waals surface area contributed by atoms with Crippen LogP contribution in [0.3, 0.4) is 0 Å². The Morgan fingerprint density at radius 1 is 1.05 bits per heavy atom. The smallest absolute Gasteiger partial charge is 0.259 e. The SMILES string of the molecule is O=C(c1ccccc1)N(c1ccccn1)C1CCNCC1. The third-order valence-corrected chi connectivity index (χ3v) is 3.81. The van der Waals surface area contributed by atoms with E-state index in [-0.39, 0.29) is 11.9 Å². The molecule has 1 fully saturated rings. The van der Waals surface area contributed by atoms with E-state index in [9.17, 15) is 4.79 Å². The van der Waals surface area contributed by atoms with Crippen molar-refractivity contribution in [3.8, 4) is 0 Å². The second-order valence-electron chi connectivity index (χ2n) is 5.21. The molecule has 0 bridgehead atoms. The number of aromatic nitrogens is 1. The van der Waals surface area contributed by atoms with Gasteiger partial charge in [0.25, 0.3) is 5.91 Å². The van der Waals surface area contributed by atoms with E-state index in [0.717, 1.165) is 31.7 Å². The highest BCUT2D eigenvalue weighted by Gasteiger charge is 2.28. The maximum Gasteiger partial charge on any atom is 0.259 e. The van der Waals surface area contributed by atoms with Gasteiger partial charge in [0, 0.05) is 17.8 Å². The van der Waals surface area contributed by atoms with Crippen molar-refractivity contribution < 1.29 is 4.79 Å². The topological polar surface area (TPSA) is 45.2 Å². The third kappa shape index (κ3) is 3.11. The van der Waals surface area contributed by atoms with Crippen molar-refractivity contribution >= 4 is 11.7 Å². The lowest BCUT2D eigenvalue weighted by atomic mass is 10.0. The normalized spacial score (nSPS) is 15.6. The fourth-order valence-electron chi connectivity index (χ4n) is 2.74. The Morgan fingerprint density at radius 3 is 2.43 bits per heavy atom. The highest BCUT2D eigenvalue weighted by atomic mass is 16.2. The summed E-state index contributed by atoms with van der Waals surface area (Å²) < 4.78 is 0. The molecule has 0 aliphatic carbocycles. The summed E-state index contributed by atoms with van der Waals surface area (Å²) in [5.74, 6) is 0.763. The number of hydrogen-bond acceptors (Lipinski definition) is 3. The van der Waals surface area contributed by atoms with Gasteiger partial charge in [-0.1, -0.05) is 24.3 Å². The van der Waals surface area contributed by atoms with E-state index < -0.39 is 0 Å². The molecule has 1 aliphatic rings. The number of nitrogens with zero attached hydrogens (tertiary/aromatic N) is 2. The molecule has 1 N–H and O–H groups in total. The first kappa shape index (κ1) is 13.8. The van der Waals surface area contributed by atoms with Gasteiger partial charge in [-0.05, 0) is 50.2 Å². The largest absolute Gasteiger partial charge is 0.317 e. The van der Waals surface area contributed by atoms with Crippen molar-refractivity contribution in [2.24, 2.45) is 0 Å². The van der Waals surface area contributed by atoms with Crippen molar-refractivity contribution in [2.75, 3.05) is 18.0 Å². The molecule has 3 rings (SSSR count). The van der Waals surface area contributed by atoms with Gasteiger partial charge in [-0.2, -0.15) is 0 Å². The lowest BCUT2D eigenvalue weighted by Gasteiger charge is -2.34. The van der Waals surface area contributed by atoms with Crippen LogP contribution in [0, 0.1) is 0 Å². The zero-order valence-corrected chi connectivity index (χ0v) is 11.9. The molecular formula is C17H19N3O. The van der Waals surface area contributed by atoms with Gasteiger partial charge in [0.2, 0.25) is 0 Å². The lowest BCUT2D eigenvalue weighted by Crippen LogP contribution is -2.46. The van der Waals surface area contributed by atoms with E-state index in [1.54, 1.807) is 6.20 Å². The van der Waals surface area contributed by atoms with Crippen LogP contribution in [0.5, 0.6) is 0 Å². The van der Waals surface area contributed by atoms with Crippen molar-refractivity contribution in [2.45, 2.75) is 18.9 Å². The maximum absolute atomic E-state index is 12.9. The number of nitrogens with one attached hydrogen (secondary N) is 1. The summed E-state index contributed by atoms with van der Waals surface area (Å²) >= 11 is 0.